The standard InChI is InChI=1S/C11H19NO3S/c1-15-11-5-3-2-4-10(11)12-9-6-7-16(13,14)8-9/h6-7,9-12H,2-5,8H2,1H3. The summed E-state index contributed by atoms with van der Waals surface area (Å²) in [6, 6.07) is 0.257. The maximum absolute atomic E-state index is 11.3. The molecule has 0 radical (unpaired) electrons. The Morgan fingerprint density at radius 3 is 2.69 bits per heavy atom. The Balaban J connectivity index is 1.92. The molecule has 0 bridgehead atoms. The lowest BCUT2D eigenvalue weighted by molar-refractivity contribution is 0.0403. The monoisotopic (exact) mass is 245 g/mol. The van der Waals surface area contributed by atoms with Crippen LogP contribution in [-0.2, 0) is 14.6 Å². The molecule has 2 aliphatic rings. The SMILES string of the molecule is COC1CCCCC1NC1C=CS(=O)(=O)C1. The van der Waals surface area contributed by atoms with Crippen molar-refractivity contribution in [1.82, 2.24) is 5.32 Å². The number of hydrogen-bond donors (Lipinski definition) is 1. The second kappa shape index (κ2) is 4.85. The van der Waals surface area contributed by atoms with Crippen LogP contribution >= 0.6 is 0 Å². The van der Waals surface area contributed by atoms with Gasteiger partial charge in [0, 0.05) is 24.6 Å². The summed E-state index contributed by atoms with van der Waals surface area (Å²) < 4.78 is 28.0. The fourth-order valence-electron chi connectivity index (χ4n) is 2.52. The van der Waals surface area contributed by atoms with Crippen LogP contribution in [0.15, 0.2) is 11.5 Å². The van der Waals surface area contributed by atoms with Crippen LogP contribution in [0.5, 0.6) is 0 Å². The molecule has 3 unspecified atom stereocenters. The summed E-state index contributed by atoms with van der Waals surface area (Å²) in [7, 11) is -1.23. The smallest absolute Gasteiger partial charge is 0.173 e. The van der Waals surface area contributed by atoms with Gasteiger partial charge in [-0.2, -0.15) is 0 Å². The molecule has 4 nitrogen and oxygen atoms in total. The van der Waals surface area contributed by atoms with E-state index in [1.807, 2.05) is 0 Å². The summed E-state index contributed by atoms with van der Waals surface area (Å²) >= 11 is 0. The summed E-state index contributed by atoms with van der Waals surface area (Å²) in [5, 5.41) is 4.70. The third-order valence-corrected chi connectivity index (χ3v) is 4.76. The molecule has 3 atom stereocenters. The van der Waals surface area contributed by atoms with E-state index in [0.29, 0.717) is 6.04 Å². The van der Waals surface area contributed by atoms with E-state index in [-0.39, 0.29) is 17.9 Å². The van der Waals surface area contributed by atoms with E-state index in [2.05, 4.69) is 5.32 Å². The van der Waals surface area contributed by atoms with Crippen LogP contribution < -0.4 is 5.32 Å². The van der Waals surface area contributed by atoms with Crippen LogP contribution in [0.2, 0.25) is 0 Å². The van der Waals surface area contributed by atoms with E-state index < -0.39 is 9.84 Å². The lowest BCUT2D eigenvalue weighted by Gasteiger charge is -2.32. The molecule has 0 spiro atoms. The predicted octanol–water partition coefficient (Wildman–Crippen LogP) is 0.844. The highest BCUT2D eigenvalue weighted by atomic mass is 32.2. The molecule has 1 N–H and O–H groups in total. The quantitative estimate of drug-likeness (QED) is 0.800. The van der Waals surface area contributed by atoms with Gasteiger partial charge in [-0.05, 0) is 12.8 Å². The summed E-state index contributed by atoms with van der Waals surface area (Å²) in [5.41, 5.74) is 0. The van der Waals surface area contributed by atoms with Gasteiger partial charge >= 0.3 is 0 Å². The fourth-order valence-corrected chi connectivity index (χ4v) is 3.77. The van der Waals surface area contributed by atoms with E-state index in [1.165, 1.54) is 18.2 Å². The van der Waals surface area contributed by atoms with Crippen molar-refractivity contribution in [3.8, 4) is 0 Å². The zero-order chi connectivity index (χ0) is 11.6. The van der Waals surface area contributed by atoms with E-state index in [0.717, 1.165) is 12.8 Å². The Morgan fingerprint density at radius 2 is 2.06 bits per heavy atom. The summed E-state index contributed by atoms with van der Waals surface area (Å²) in [6.45, 7) is 0. The Morgan fingerprint density at radius 1 is 1.31 bits per heavy atom. The Kier molecular flexibility index (Phi) is 3.66. The van der Waals surface area contributed by atoms with E-state index in [4.69, 9.17) is 4.74 Å². The minimum atomic E-state index is -2.95. The molecule has 92 valence electrons. The van der Waals surface area contributed by atoms with Crippen molar-refractivity contribution < 1.29 is 13.2 Å². The van der Waals surface area contributed by atoms with Gasteiger partial charge in [0.15, 0.2) is 9.84 Å². The highest BCUT2D eigenvalue weighted by Gasteiger charge is 2.29. The van der Waals surface area contributed by atoms with Crippen LogP contribution in [0.1, 0.15) is 25.7 Å². The number of hydrogen-bond acceptors (Lipinski definition) is 4. The van der Waals surface area contributed by atoms with Gasteiger partial charge < -0.3 is 10.1 Å². The summed E-state index contributed by atoms with van der Waals surface area (Å²) in [4.78, 5) is 0. The first-order chi connectivity index (χ1) is 7.61. The number of sulfone groups is 1. The molecule has 1 fully saturated rings. The molecule has 1 heterocycles. The highest BCUT2D eigenvalue weighted by Crippen LogP contribution is 2.22. The first kappa shape index (κ1) is 12.1. The van der Waals surface area contributed by atoms with Crippen molar-refractivity contribution in [3.63, 3.8) is 0 Å². The third kappa shape index (κ3) is 2.84. The molecule has 0 aromatic heterocycles. The molecular weight excluding hydrogens is 226 g/mol. The maximum atomic E-state index is 11.3. The molecule has 1 aliphatic carbocycles. The van der Waals surface area contributed by atoms with E-state index in [9.17, 15) is 8.42 Å². The average molecular weight is 245 g/mol. The Hall–Kier alpha value is -0.390. The van der Waals surface area contributed by atoms with Gasteiger partial charge in [-0.3, -0.25) is 0 Å². The van der Waals surface area contributed by atoms with E-state index >= 15 is 0 Å². The third-order valence-electron chi connectivity index (χ3n) is 3.36. The van der Waals surface area contributed by atoms with Crippen molar-refractivity contribution in [3.05, 3.63) is 11.5 Å². The molecule has 0 amide bonds. The van der Waals surface area contributed by atoms with Gasteiger partial charge in [-0.25, -0.2) is 8.42 Å². The molecule has 2 rings (SSSR count). The molecular formula is C11H19NO3S. The fraction of sp³-hybridized carbons (Fsp3) is 0.818. The van der Waals surface area contributed by atoms with Crippen molar-refractivity contribution in [2.75, 3.05) is 12.9 Å². The topological polar surface area (TPSA) is 55.4 Å². The normalized spacial score (nSPS) is 37.7. The van der Waals surface area contributed by atoms with Gasteiger partial charge in [0.2, 0.25) is 0 Å². The zero-order valence-electron chi connectivity index (χ0n) is 9.56. The van der Waals surface area contributed by atoms with Crippen molar-refractivity contribution in [2.45, 2.75) is 43.9 Å². The van der Waals surface area contributed by atoms with Crippen molar-refractivity contribution >= 4 is 9.84 Å². The highest BCUT2D eigenvalue weighted by molar-refractivity contribution is 7.94. The molecule has 0 aromatic carbocycles. The summed E-state index contributed by atoms with van der Waals surface area (Å²) in [6.07, 6.45) is 6.51. The van der Waals surface area contributed by atoms with Crippen molar-refractivity contribution in [2.24, 2.45) is 0 Å². The maximum Gasteiger partial charge on any atom is 0.173 e. The first-order valence-electron chi connectivity index (χ1n) is 5.80. The predicted molar refractivity (Wildman–Crippen MR) is 62.9 cm³/mol. The first-order valence-corrected chi connectivity index (χ1v) is 7.52. The molecule has 1 aliphatic heterocycles. The Labute approximate surface area is 97.0 Å². The minimum Gasteiger partial charge on any atom is -0.380 e. The zero-order valence-corrected chi connectivity index (χ0v) is 10.4. The molecule has 16 heavy (non-hydrogen) atoms. The van der Waals surface area contributed by atoms with Crippen LogP contribution in [0.25, 0.3) is 0 Å². The van der Waals surface area contributed by atoms with Gasteiger partial charge in [-0.1, -0.05) is 18.9 Å². The van der Waals surface area contributed by atoms with E-state index in [1.54, 1.807) is 13.2 Å². The number of ether oxygens (including phenoxy) is 1. The van der Waals surface area contributed by atoms with Gasteiger partial charge in [-0.15, -0.1) is 0 Å². The molecule has 0 aromatic rings. The lowest BCUT2D eigenvalue weighted by atomic mass is 9.92. The van der Waals surface area contributed by atoms with Crippen LogP contribution in [0.4, 0.5) is 0 Å². The molecule has 5 heteroatoms. The lowest BCUT2D eigenvalue weighted by Crippen LogP contribution is -2.48. The molecule has 1 saturated carbocycles. The van der Waals surface area contributed by atoms with Gasteiger partial charge in [0.1, 0.15) is 0 Å². The second-order valence-corrected chi connectivity index (χ2v) is 6.53. The van der Waals surface area contributed by atoms with Crippen LogP contribution in [0.3, 0.4) is 0 Å². The number of rotatable bonds is 3. The molecule has 0 saturated heterocycles. The minimum absolute atomic E-state index is 0.0363. The van der Waals surface area contributed by atoms with Crippen LogP contribution in [0, 0.1) is 0 Å². The van der Waals surface area contributed by atoms with Crippen molar-refractivity contribution in [1.29, 1.82) is 0 Å². The largest absolute Gasteiger partial charge is 0.380 e. The summed E-state index contributed by atoms with van der Waals surface area (Å²) in [5.74, 6) is 0.194. The van der Waals surface area contributed by atoms with Crippen LogP contribution in [-0.4, -0.2) is 39.5 Å². The van der Waals surface area contributed by atoms with Gasteiger partial charge in [0.05, 0.1) is 11.9 Å². The average Bonchev–Trinajstić information content (AvgIpc) is 2.59. The van der Waals surface area contributed by atoms with Gasteiger partial charge in [0.25, 0.3) is 0 Å². The number of nitrogens with one attached hydrogen (secondary N) is 1. The Bertz CT molecular complexity index is 363. The number of methoxy groups -OCH3 is 1. The second-order valence-electron chi connectivity index (χ2n) is 4.60.